The molecule has 15 heavy (non-hydrogen) atoms. The van der Waals surface area contributed by atoms with Gasteiger partial charge in [-0.25, -0.2) is 0 Å². The van der Waals surface area contributed by atoms with Gasteiger partial charge in [-0.1, -0.05) is 11.1 Å². The van der Waals surface area contributed by atoms with Crippen LogP contribution >= 0.6 is 23.4 Å². The molecule has 0 unspecified atom stereocenters. The standard InChI is InChI=1S/C4H4NO3S3.Ac.Au.2K/c5-3-1-2(9)4(10-3)11-8-7-6;;;;/h1,5-6,9H;;;;/q-1;;+1;;+1/p-2. The third kappa shape index (κ3) is 12.8. The van der Waals surface area contributed by atoms with E-state index in [4.69, 9.17) is 18.4 Å². The van der Waals surface area contributed by atoms with Gasteiger partial charge in [0.2, 0.25) is 0 Å². The van der Waals surface area contributed by atoms with Crippen molar-refractivity contribution in [3.8, 4) is 0 Å². The van der Waals surface area contributed by atoms with Crippen LogP contribution in [0.1, 0.15) is 0 Å². The van der Waals surface area contributed by atoms with E-state index in [1.165, 1.54) is 6.07 Å². The molecule has 0 aliphatic rings. The van der Waals surface area contributed by atoms with Crippen molar-refractivity contribution in [1.29, 1.82) is 0 Å². The first-order valence-corrected chi connectivity index (χ1v) is 4.36. The van der Waals surface area contributed by atoms with E-state index in [1.807, 2.05) is 0 Å². The van der Waals surface area contributed by atoms with Crippen LogP contribution in [0.25, 0.3) is 5.73 Å². The second-order valence-electron chi connectivity index (χ2n) is 1.48. The average Bonchev–Trinajstić information content (AvgIpc) is 2.26. The van der Waals surface area contributed by atoms with E-state index in [1.54, 1.807) is 0 Å². The summed E-state index contributed by atoms with van der Waals surface area (Å²) in [6, 6.07) is 1.51. The van der Waals surface area contributed by atoms with Crippen molar-refractivity contribution in [1.82, 2.24) is 0 Å². The summed E-state index contributed by atoms with van der Waals surface area (Å²) < 4.78 is 4.62. The van der Waals surface area contributed by atoms with Crippen molar-refractivity contribution < 1.29 is 132 Å². The Morgan fingerprint density at radius 2 is 2.07 bits per heavy atom. The molecule has 0 saturated carbocycles. The molecule has 0 aliphatic heterocycles. The molecule has 0 bridgehead atoms. The second kappa shape index (κ2) is 17.5. The maximum Gasteiger partial charge on any atom is 1.00 e. The molecule has 0 atom stereocenters. The SMILES string of the molecule is [Ac].[Au+].[K+].[K].[NH-]c1cc([S-])c(SOO[O-])s1. The monoisotopic (exact) mass is 710 g/mol. The summed E-state index contributed by atoms with van der Waals surface area (Å²) >= 11 is 6.68. The van der Waals surface area contributed by atoms with Gasteiger partial charge in [0.25, 0.3) is 0 Å². The summed E-state index contributed by atoms with van der Waals surface area (Å²) in [4.78, 5) is 0.502. The Balaban J connectivity index is -0.000000151. The summed E-state index contributed by atoms with van der Waals surface area (Å²) in [5.41, 5.74) is 7.16. The zero-order chi connectivity index (χ0) is 8.27. The Bertz CT molecular complexity index is 257. The van der Waals surface area contributed by atoms with Gasteiger partial charge in [0.1, 0.15) is 0 Å². The van der Waals surface area contributed by atoms with Crippen molar-refractivity contribution in [3.05, 3.63) is 11.8 Å². The first-order valence-electron chi connectivity index (χ1n) is 2.39. The van der Waals surface area contributed by atoms with Crippen LogP contribution in [0.15, 0.2) is 15.2 Å². The number of rotatable bonds is 3. The Labute approximate surface area is 238 Å². The maximum absolute atomic E-state index is 9.40. The molecule has 76 valence electrons. The van der Waals surface area contributed by atoms with Crippen LogP contribution in [0.5, 0.6) is 0 Å². The fourth-order valence-corrected chi connectivity index (χ4v) is 2.14. The van der Waals surface area contributed by atoms with Crippen LogP contribution in [0, 0.1) is 44.1 Å². The van der Waals surface area contributed by atoms with Crippen molar-refractivity contribution >= 4 is 92.4 Å². The minimum absolute atomic E-state index is 0. The molecule has 11 heteroatoms. The predicted octanol–water partition coefficient (Wildman–Crippen LogP) is -1.81. The Kier molecular flexibility index (Phi) is 33.2. The van der Waals surface area contributed by atoms with Gasteiger partial charge in [-0.2, -0.15) is 15.7 Å². The van der Waals surface area contributed by atoms with Crippen molar-refractivity contribution in [2.75, 3.05) is 0 Å². The van der Waals surface area contributed by atoms with Gasteiger partial charge < -0.3 is 23.6 Å². The van der Waals surface area contributed by atoms with Gasteiger partial charge in [-0.3, -0.25) is 5.04 Å². The number of hydrogen-bond donors (Lipinski definition) is 0. The topological polar surface area (TPSA) is 65.3 Å². The molecule has 1 N–H and O–H groups in total. The quantitative estimate of drug-likeness (QED) is 0.122. The summed E-state index contributed by atoms with van der Waals surface area (Å²) in [5.74, 6) is 0. The fourth-order valence-electron chi connectivity index (χ4n) is 0.460. The second-order valence-corrected chi connectivity index (χ2v) is 3.94. The first kappa shape index (κ1) is 28.5. The van der Waals surface area contributed by atoms with E-state index in [2.05, 4.69) is 9.37 Å². The zero-order valence-electron chi connectivity index (χ0n) is 7.91. The van der Waals surface area contributed by atoms with E-state index >= 15 is 0 Å². The van der Waals surface area contributed by atoms with E-state index in [-0.39, 0.29) is 169 Å². The molecule has 1 heterocycles. The smallest absolute Gasteiger partial charge is 0.778 e. The van der Waals surface area contributed by atoms with Gasteiger partial charge in [-0.05, 0) is 0 Å². The third-order valence-corrected chi connectivity index (χ3v) is 3.08. The average molecular weight is 710 g/mol. The molecule has 2 radical (unpaired) electrons. The molecule has 0 saturated heterocycles. The molecule has 1 rings (SSSR count). The summed E-state index contributed by atoms with van der Waals surface area (Å²) in [6.07, 6.45) is 0. The molecule has 0 fully saturated rings. The van der Waals surface area contributed by atoms with Crippen molar-refractivity contribution in [3.63, 3.8) is 0 Å². The van der Waals surface area contributed by atoms with Crippen LogP contribution in [-0.4, -0.2) is 51.4 Å². The van der Waals surface area contributed by atoms with Crippen LogP contribution < -0.4 is 56.6 Å². The van der Waals surface area contributed by atoms with Crippen LogP contribution in [0.4, 0.5) is 5.00 Å². The third-order valence-electron chi connectivity index (χ3n) is 0.804. The normalized spacial score (nSPS) is 7.53. The molecule has 0 amide bonds. The zero-order valence-corrected chi connectivity index (χ0v) is 23.5. The molecule has 1 aromatic heterocycles. The molecule has 0 spiro atoms. The first-order chi connectivity index (χ1) is 5.24. The maximum atomic E-state index is 9.40. The summed E-state index contributed by atoms with van der Waals surface area (Å²) in [5, 5.41) is 12.9. The molecular weight excluding hydrogens is 708 g/mol. The Morgan fingerprint density at radius 1 is 1.53 bits per heavy atom. The Morgan fingerprint density at radius 3 is 2.40 bits per heavy atom. The molecule has 0 aromatic carbocycles. The predicted molar refractivity (Wildman–Crippen MR) is 47.7 cm³/mol. The van der Waals surface area contributed by atoms with Crippen molar-refractivity contribution in [2.45, 2.75) is 9.10 Å². The van der Waals surface area contributed by atoms with Gasteiger partial charge >= 0.3 is 73.8 Å². The van der Waals surface area contributed by atoms with Crippen LogP contribution in [-0.2, 0) is 44.4 Å². The number of thiophene rings is 1. The van der Waals surface area contributed by atoms with E-state index in [0.29, 0.717) is 14.1 Å². The number of hydrogen-bond acceptors (Lipinski definition) is 6. The Hall–Kier alpha value is 5.40. The van der Waals surface area contributed by atoms with Crippen molar-refractivity contribution in [2.24, 2.45) is 0 Å². The minimum atomic E-state index is 0. The largest absolute Gasteiger partial charge is 1.00 e. The number of nitrogens with one attached hydrogen (secondary N) is 1. The van der Waals surface area contributed by atoms with Crippen LogP contribution in [0.2, 0.25) is 0 Å². The van der Waals surface area contributed by atoms with Gasteiger partial charge in [0, 0.05) is 95.4 Å². The molecule has 0 aliphatic carbocycles. The molecule has 1 aromatic rings. The summed E-state index contributed by atoms with van der Waals surface area (Å²) in [7, 11) is 0. The molecular formula is C4H2AcAuK2NO3S3-. The van der Waals surface area contributed by atoms with E-state index < -0.39 is 0 Å². The van der Waals surface area contributed by atoms with Gasteiger partial charge in [0.05, 0.1) is 16.3 Å². The van der Waals surface area contributed by atoms with E-state index in [9.17, 15) is 5.26 Å². The molecule has 4 nitrogen and oxygen atoms in total. The summed E-state index contributed by atoms with van der Waals surface area (Å²) in [6.45, 7) is 0. The van der Waals surface area contributed by atoms with Crippen LogP contribution in [0.3, 0.4) is 0 Å². The van der Waals surface area contributed by atoms with E-state index in [0.717, 1.165) is 23.4 Å². The fraction of sp³-hybridized carbons (Fsp3) is 0. The van der Waals surface area contributed by atoms with Gasteiger partial charge in [-0.15, -0.1) is 4.90 Å². The minimum Gasteiger partial charge on any atom is -0.778 e. The van der Waals surface area contributed by atoms with Gasteiger partial charge in [0.15, 0.2) is 0 Å².